The molecule has 4 N–H and O–H groups in total. The highest BCUT2D eigenvalue weighted by Crippen LogP contribution is 2.45. The predicted molar refractivity (Wildman–Crippen MR) is 216 cm³/mol. The van der Waals surface area contributed by atoms with Crippen LogP contribution in [0.15, 0.2) is 89.7 Å². The van der Waals surface area contributed by atoms with Gasteiger partial charge >= 0.3 is 5.97 Å². The number of benzene rings is 3. The van der Waals surface area contributed by atoms with Gasteiger partial charge in [-0.15, -0.1) is 0 Å². The molecule has 0 fully saturated rings. The Morgan fingerprint density at radius 2 is 1.79 bits per heavy atom. The average Bonchev–Trinajstić information content (AvgIpc) is 3.63. The number of carboxylic acids is 1. The summed E-state index contributed by atoms with van der Waals surface area (Å²) in [4.78, 5) is 20.8. The Kier molecular flexibility index (Phi) is 13.6. The lowest BCUT2D eigenvalue weighted by atomic mass is 9.85. The summed E-state index contributed by atoms with van der Waals surface area (Å²) < 4.78 is 19.2. The molecule has 0 spiro atoms. The number of pyridine rings is 2. The van der Waals surface area contributed by atoms with Crippen molar-refractivity contribution in [3.8, 4) is 45.8 Å². The van der Waals surface area contributed by atoms with Gasteiger partial charge in [0, 0.05) is 47.7 Å². The van der Waals surface area contributed by atoms with E-state index in [0.29, 0.717) is 58.2 Å². The van der Waals surface area contributed by atoms with E-state index in [9.17, 15) is 20.3 Å². The Morgan fingerprint density at radius 3 is 2.54 bits per heavy atom. The Labute approximate surface area is 339 Å². The number of aliphatic hydroxyl groups is 2. The summed E-state index contributed by atoms with van der Waals surface area (Å²) in [5, 5.41) is 41.6. The van der Waals surface area contributed by atoms with E-state index in [1.807, 2.05) is 54.6 Å². The Bertz CT molecular complexity index is 2210. The van der Waals surface area contributed by atoms with Crippen molar-refractivity contribution in [2.24, 2.45) is 5.41 Å². The van der Waals surface area contributed by atoms with Crippen molar-refractivity contribution in [2.45, 2.75) is 45.3 Å². The quantitative estimate of drug-likeness (QED) is 0.0638. The molecule has 1 aliphatic carbocycles. The molecule has 2 heterocycles. The first kappa shape index (κ1) is 40.6. The summed E-state index contributed by atoms with van der Waals surface area (Å²) in [5.74, 6) is 0.217. The largest absolute Gasteiger partial charge is 0.492 e. The van der Waals surface area contributed by atoms with Crippen molar-refractivity contribution in [2.75, 3.05) is 32.9 Å². The van der Waals surface area contributed by atoms with Crippen LogP contribution in [0.25, 0.3) is 22.3 Å². The Hall–Kier alpha value is -5.03. The van der Waals surface area contributed by atoms with Crippen LogP contribution in [-0.4, -0.2) is 64.2 Å². The second-order valence-corrected chi connectivity index (χ2v) is 15.0. The molecule has 0 radical (unpaired) electrons. The van der Waals surface area contributed by atoms with Gasteiger partial charge in [-0.1, -0.05) is 60.1 Å². The van der Waals surface area contributed by atoms with Gasteiger partial charge in [-0.25, -0.2) is 0 Å². The van der Waals surface area contributed by atoms with Crippen molar-refractivity contribution in [1.82, 2.24) is 15.3 Å². The van der Waals surface area contributed by atoms with Gasteiger partial charge in [0.05, 0.1) is 33.7 Å². The molecule has 6 rings (SSSR count). The number of nitrogens with zero attached hydrogens (tertiary/aromatic N) is 3. The number of aromatic nitrogens is 2. The smallest absolute Gasteiger partial charge is 0.311 e. The molecule has 1 aliphatic rings. The molecule has 0 saturated heterocycles. The molecule has 2 atom stereocenters. The highest BCUT2D eigenvalue weighted by Gasteiger charge is 2.33. The maximum Gasteiger partial charge on any atom is 0.311 e. The summed E-state index contributed by atoms with van der Waals surface area (Å²) >= 11 is 10.8. The lowest BCUT2D eigenvalue weighted by molar-refractivity contribution is -0.150. The number of nitrogens with one attached hydrogen (secondary N) is 1. The number of nitriles is 1. The number of hydrogen-bond donors (Lipinski definition) is 4. The number of ether oxygens (including phenoxy) is 3. The van der Waals surface area contributed by atoms with E-state index >= 15 is 0 Å². The Morgan fingerprint density at radius 1 is 1.02 bits per heavy atom. The summed E-state index contributed by atoms with van der Waals surface area (Å²) in [7, 11) is 0. The van der Waals surface area contributed by atoms with Gasteiger partial charge < -0.3 is 34.8 Å². The second kappa shape index (κ2) is 18.7. The molecule has 0 unspecified atom stereocenters. The maximum absolute atomic E-state index is 11.9. The van der Waals surface area contributed by atoms with Crippen LogP contribution in [-0.2, 0) is 24.2 Å². The van der Waals surface area contributed by atoms with E-state index in [-0.39, 0.29) is 38.0 Å². The van der Waals surface area contributed by atoms with Gasteiger partial charge in [0.25, 0.3) is 0 Å². The lowest BCUT2D eigenvalue weighted by Gasteiger charge is -2.23. The fraction of sp³-hybridized carbons (Fsp3) is 0.302. The van der Waals surface area contributed by atoms with Crippen LogP contribution in [0, 0.1) is 16.7 Å². The molecule has 56 heavy (non-hydrogen) atoms. The summed E-state index contributed by atoms with van der Waals surface area (Å²) in [6, 6.07) is 25.6. The molecular formula is C43H42BrClN4O7. The monoisotopic (exact) mass is 840 g/mol. The highest BCUT2D eigenvalue weighted by atomic mass is 79.9. The van der Waals surface area contributed by atoms with Gasteiger partial charge in [-0.2, -0.15) is 10.2 Å². The molecule has 5 aromatic rings. The van der Waals surface area contributed by atoms with Crippen molar-refractivity contribution in [1.29, 1.82) is 5.26 Å². The van der Waals surface area contributed by atoms with Gasteiger partial charge in [0.1, 0.15) is 31.1 Å². The SMILES string of the molecule is C[C@@](CO)(CCc1cc(Br)c(O[C@H]2CCc3c(-c4cccc(-c5ccc(OCCNCCO)cc5)c4Cl)cccc32)nc1OCc1cncc(C#N)c1)C(=O)O. The highest BCUT2D eigenvalue weighted by molar-refractivity contribution is 9.10. The zero-order valence-electron chi connectivity index (χ0n) is 30.8. The first-order valence-electron chi connectivity index (χ1n) is 18.3. The summed E-state index contributed by atoms with van der Waals surface area (Å²) in [6.45, 7) is 2.79. The van der Waals surface area contributed by atoms with Gasteiger partial charge in [0.15, 0.2) is 0 Å². The number of fused-ring (bicyclic) bond motifs is 1. The number of aliphatic hydroxyl groups excluding tert-OH is 2. The first-order valence-corrected chi connectivity index (χ1v) is 19.4. The Balaban J connectivity index is 1.24. The van der Waals surface area contributed by atoms with Gasteiger partial charge in [-0.05, 0) is 95.1 Å². The standard InChI is InChI=1S/C43H42BrClN4O7/c1-43(26-51,42(52)53)15-14-30-21-37(44)41(49-40(30)55-25-28-20-27(22-46)23-48-24-28)56-38-13-12-34-33(5-3-6-35(34)38)36-7-2-4-32(39(36)45)29-8-10-31(11-9-29)54-19-17-47-16-18-50/h2-11,20-21,23-24,38,47,50-51H,12-19,25-26H2,1H3,(H,52,53)/t38-,43-/m0/s1. The molecule has 2 aromatic heterocycles. The number of hydrogen-bond acceptors (Lipinski definition) is 10. The third-order valence-corrected chi connectivity index (χ3v) is 10.8. The summed E-state index contributed by atoms with van der Waals surface area (Å²) in [6.07, 6.45) is 4.61. The van der Waals surface area contributed by atoms with Crippen LogP contribution in [0.3, 0.4) is 0 Å². The number of halogens is 2. The van der Waals surface area contributed by atoms with Crippen LogP contribution in [0.4, 0.5) is 0 Å². The van der Waals surface area contributed by atoms with Crippen molar-refractivity contribution < 1.29 is 34.3 Å². The fourth-order valence-electron chi connectivity index (χ4n) is 6.59. The van der Waals surface area contributed by atoms with Crippen molar-refractivity contribution in [3.05, 3.63) is 123 Å². The summed E-state index contributed by atoms with van der Waals surface area (Å²) in [5.41, 5.74) is 6.32. The number of aryl methyl sites for hydroxylation is 1. The number of rotatable bonds is 18. The van der Waals surface area contributed by atoms with Crippen molar-refractivity contribution in [3.63, 3.8) is 0 Å². The topological polar surface area (TPSA) is 167 Å². The van der Waals surface area contributed by atoms with Gasteiger partial charge in [-0.3, -0.25) is 9.78 Å². The molecule has 3 aromatic carbocycles. The number of carbonyl (C=O) groups is 1. The molecule has 13 heteroatoms. The van der Waals surface area contributed by atoms with E-state index in [1.165, 1.54) is 13.1 Å². The molecule has 0 aliphatic heterocycles. The number of aliphatic carboxylic acids is 1. The molecule has 0 amide bonds. The van der Waals surface area contributed by atoms with E-state index in [0.717, 1.165) is 45.6 Å². The molecule has 290 valence electrons. The van der Waals surface area contributed by atoms with Gasteiger partial charge in [0.2, 0.25) is 11.8 Å². The van der Waals surface area contributed by atoms with E-state index in [2.05, 4.69) is 44.4 Å². The normalized spacial score (nSPS) is 14.4. The number of carboxylic acid groups (broad SMARTS) is 1. The first-order chi connectivity index (χ1) is 27.1. The average molecular weight is 842 g/mol. The van der Waals surface area contributed by atoms with Crippen molar-refractivity contribution >= 4 is 33.5 Å². The predicted octanol–water partition coefficient (Wildman–Crippen LogP) is 7.72. The minimum Gasteiger partial charge on any atom is -0.492 e. The van der Waals surface area contributed by atoms with Crippen LogP contribution >= 0.6 is 27.5 Å². The molecule has 0 bridgehead atoms. The minimum absolute atomic E-state index is 0.0665. The van der Waals surface area contributed by atoms with Crippen LogP contribution in [0.2, 0.25) is 5.02 Å². The third-order valence-electron chi connectivity index (χ3n) is 9.85. The zero-order valence-corrected chi connectivity index (χ0v) is 33.1. The van der Waals surface area contributed by atoms with E-state index in [4.69, 9.17) is 35.9 Å². The van der Waals surface area contributed by atoms with Crippen LogP contribution in [0.5, 0.6) is 17.5 Å². The lowest BCUT2D eigenvalue weighted by Crippen LogP contribution is -2.32. The molecular weight excluding hydrogens is 800 g/mol. The van der Waals surface area contributed by atoms with E-state index in [1.54, 1.807) is 12.3 Å². The van der Waals surface area contributed by atoms with E-state index < -0.39 is 18.0 Å². The zero-order chi connectivity index (χ0) is 39.7. The minimum atomic E-state index is -1.35. The molecule has 11 nitrogen and oxygen atoms in total. The maximum atomic E-state index is 11.9. The van der Waals surface area contributed by atoms with Crippen LogP contribution in [0.1, 0.15) is 53.7 Å². The van der Waals surface area contributed by atoms with Crippen LogP contribution < -0.4 is 19.5 Å². The third kappa shape index (κ3) is 9.49. The molecule has 0 saturated carbocycles. The fourth-order valence-corrected chi connectivity index (χ4v) is 7.38. The second-order valence-electron chi connectivity index (χ2n) is 13.8.